The minimum atomic E-state index is -0.147. The predicted octanol–water partition coefficient (Wildman–Crippen LogP) is 0.604. The molecule has 0 spiro atoms. The minimum absolute atomic E-state index is 0.00321. The monoisotopic (exact) mass is 335 g/mol. The van der Waals surface area contributed by atoms with E-state index in [0.29, 0.717) is 39.1 Å². The van der Waals surface area contributed by atoms with Gasteiger partial charge in [0.15, 0.2) is 0 Å². The molecule has 0 saturated carbocycles. The molecule has 0 unspecified atom stereocenters. The van der Waals surface area contributed by atoms with Gasteiger partial charge in [0.05, 0.1) is 25.2 Å². The Hall–Kier alpha value is -1.86. The summed E-state index contributed by atoms with van der Waals surface area (Å²) in [7, 11) is 0. The van der Waals surface area contributed by atoms with Gasteiger partial charge in [-0.1, -0.05) is 0 Å². The van der Waals surface area contributed by atoms with Gasteiger partial charge in [0, 0.05) is 32.6 Å². The normalized spacial score (nSPS) is 23.5. The molecule has 1 aromatic heterocycles. The molecule has 0 bridgehead atoms. The third-order valence-electron chi connectivity index (χ3n) is 4.68. The summed E-state index contributed by atoms with van der Waals surface area (Å²) in [5.41, 5.74) is 0. The van der Waals surface area contributed by atoms with E-state index in [4.69, 9.17) is 9.15 Å². The number of morpholine rings is 1. The molecule has 132 valence electrons. The third kappa shape index (κ3) is 4.15. The summed E-state index contributed by atoms with van der Waals surface area (Å²) in [4.78, 5) is 25.9. The topological polar surface area (TPSA) is 83.8 Å². The van der Waals surface area contributed by atoms with Crippen LogP contribution in [0.15, 0.2) is 16.5 Å². The van der Waals surface area contributed by atoms with E-state index in [2.05, 4.69) is 15.5 Å². The zero-order valence-corrected chi connectivity index (χ0v) is 14.0. The maximum Gasteiger partial charge on any atom is 0.224 e. The SMILES string of the molecule is Cc1ccc([C@H](CNC(=O)[C@H]2CCC(=O)NC2)N2CCOCC2)o1. The number of hydrogen-bond acceptors (Lipinski definition) is 5. The molecule has 2 aliphatic heterocycles. The molecular formula is C17H25N3O4. The number of ether oxygens (including phenoxy) is 1. The number of piperidine rings is 1. The Morgan fingerprint density at radius 3 is 2.83 bits per heavy atom. The van der Waals surface area contributed by atoms with E-state index in [1.54, 1.807) is 0 Å². The van der Waals surface area contributed by atoms with Crippen molar-refractivity contribution in [2.24, 2.45) is 5.92 Å². The highest BCUT2D eigenvalue weighted by molar-refractivity contribution is 5.83. The van der Waals surface area contributed by atoms with Crippen LogP contribution in [-0.4, -0.2) is 56.1 Å². The van der Waals surface area contributed by atoms with Crippen molar-refractivity contribution in [3.63, 3.8) is 0 Å². The number of furan rings is 1. The van der Waals surface area contributed by atoms with Crippen LogP contribution in [0.4, 0.5) is 0 Å². The lowest BCUT2D eigenvalue weighted by Crippen LogP contribution is -2.47. The zero-order valence-electron chi connectivity index (χ0n) is 14.0. The Kier molecular flexibility index (Phi) is 5.52. The lowest BCUT2D eigenvalue weighted by Gasteiger charge is -2.33. The molecule has 2 saturated heterocycles. The molecule has 3 heterocycles. The van der Waals surface area contributed by atoms with Gasteiger partial charge >= 0.3 is 0 Å². The maximum atomic E-state index is 12.4. The van der Waals surface area contributed by atoms with Crippen LogP contribution < -0.4 is 10.6 Å². The second-order valence-corrected chi connectivity index (χ2v) is 6.40. The molecule has 2 fully saturated rings. The van der Waals surface area contributed by atoms with Crippen molar-refractivity contribution in [1.29, 1.82) is 0 Å². The van der Waals surface area contributed by atoms with Crippen molar-refractivity contribution >= 4 is 11.8 Å². The van der Waals surface area contributed by atoms with Crippen LogP contribution >= 0.6 is 0 Å². The first-order valence-corrected chi connectivity index (χ1v) is 8.56. The Bertz CT molecular complexity index is 570. The first-order chi connectivity index (χ1) is 11.6. The summed E-state index contributed by atoms with van der Waals surface area (Å²) in [5, 5.41) is 5.79. The number of nitrogens with one attached hydrogen (secondary N) is 2. The number of rotatable bonds is 5. The number of amides is 2. The van der Waals surface area contributed by atoms with Crippen LogP contribution in [0.3, 0.4) is 0 Å². The lowest BCUT2D eigenvalue weighted by atomic mass is 9.98. The van der Waals surface area contributed by atoms with E-state index in [0.717, 1.165) is 24.6 Å². The van der Waals surface area contributed by atoms with Gasteiger partial charge in [-0.25, -0.2) is 0 Å². The number of carbonyl (C=O) groups excluding carboxylic acids is 2. The summed E-state index contributed by atoms with van der Waals surface area (Å²) < 4.78 is 11.2. The minimum Gasteiger partial charge on any atom is -0.465 e. The van der Waals surface area contributed by atoms with Gasteiger partial charge in [-0.15, -0.1) is 0 Å². The number of carbonyl (C=O) groups is 2. The second-order valence-electron chi connectivity index (χ2n) is 6.40. The van der Waals surface area contributed by atoms with Crippen LogP contribution in [0, 0.1) is 12.8 Å². The first-order valence-electron chi connectivity index (χ1n) is 8.56. The standard InChI is InChI=1S/C17H25N3O4/c1-12-2-4-15(24-12)14(20-6-8-23-9-7-20)11-19-17(22)13-3-5-16(21)18-10-13/h2,4,13-14H,3,5-11H2,1H3,(H,18,21)(H,19,22)/t13-,14-/m0/s1. The maximum absolute atomic E-state index is 12.4. The quantitative estimate of drug-likeness (QED) is 0.823. The van der Waals surface area contributed by atoms with E-state index in [9.17, 15) is 9.59 Å². The van der Waals surface area contributed by atoms with Crippen LogP contribution in [0.5, 0.6) is 0 Å². The van der Waals surface area contributed by atoms with Gasteiger partial charge in [-0.2, -0.15) is 0 Å². The van der Waals surface area contributed by atoms with E-state index in [1.807, 2.05) is 19.1 Å². The molecule has 2 atom stereocenters. The van der Waals surface area contributed by atoms with Gasteiger partial charge in [-0.3, -0.25) is 14.5 Å². The fraction of sp³-hybridized carbons (Fsp3) is 0.647. The van der Waals surface area contributed by atoms with Crippen LogP contribution in [0.1, 0.15) is 30.4 Å². The molecule has 1 aromatic rings. The number of aryl methyl sites for hydroxylation is 1. The van der Waals surface area contributed by atoms with Gasteiger partial charge in [0.25, 0.3) is 0 Å². The lowest BCUT2D eigenvalue weighted by molar-refractivity contribution is -0.129. The molecule has 0 aliphatic carbocycles. The van der Waals surface area contributed by atoms with Crippen LogP contribution in [0.2, 0.25) is 0 Å². The predicted molar refractivity (Wildman–Crippen MR) is 87.3 cm³/mol. The Morgan fingerprint density at radius 1 is 1.42 bits per heavy atom. The number of hydrogen-bond donors (Lipinski definition) is 2. The van der Waals surface area contributed by atoms with E-state index < -0.39 is 0 Å². The molecule has 3 rings (SSSR count). The van der Waals surface area contributed by atoms with Crippen molar-refractivity contribution in [2.45, 2.75) is 25.8 Å². The van der Waals surface area contributed by atoms with Gasteiger partial charge in [0.1, 0.15) is 11.5 Å². The molecular weight excluding hydrogens is 310 g/mol. The van der Waals surface area contributed by atoms with E-state index >= 15 is 0 Å². The molecule has 2 N–H and O–H groups in total. The van der Waals surface area contributed by atoms with Gasteiger partial charge in [-0.05, 0) is 25.5 Å². The average molecular weight is 335 g/mol. The largest absolute Gasteiger partial charge is 0.465 e. The number of nitrogens with zero attached hydrogens (tertiary/aromatic N) is 1. The van der Waals surface area contributed by atoms with E-state index in [1.165, 1.54) is 0 Å². The van der Waals surface area contributed by atoms with Crippen LogP contribution in [-0.2, 0) is 14.3 Å². The van der Waals surface area contributed by atoms with Crippen LogP contribution in [0.25, 0.3) is 0 Å². The van der Waals surface area contributed by atoms with Crippen molar-refractivity contribution in [3.8, 4) is 0 Å². The van der Waals surface area contributed by atoms with E-state index in [-0.39, 0.29) is 23.8 Å². The molecule has 24 heavy (non-hydrogen) atoms. The van der Waals surface area contributed by atoms with Gasteiger partial charge < -0.3 is 19.8 Å². The van der Waals surface area contributed by atoms with Crippen molar-refractivity contribution in [1.82, 2.24) is 15.5 Å². The summed E-state index contributed by atoms with van der Waals surface area (Å²) in [5.74, 6) is 1.61. The highest BCUT2D eigenvalue weighted by Crippen LogP contribution is 2.23. The van der Waals surface area contributed by atoms with Gasteiger partial charge in [0.2, 0.25) is 11.8 Å². The zero-order chi connectivity index (χ0) is 16.9. The summed E-state index contributed by atoms with van der Waals surface area (Å²) in [6.45, 7) is 5.86. The first kappa shape index (κ1) is 17.0. The molecule has 7 nitrogen and oxygen atoms in total. The molecule has 2 aliphatic rings. The summed E-state index contributed by atoms with van der Waals surface area (Å²) >= 11 is 0. The molecule has 7 heteroatoms. The highest BCUT2D eigenvalue weighted by Gasteiger charge is 2.28. The molecule has 0 aromatic carbocycles. The Balaban J connectivity index is 1.61. The van der Waals surface area contributed by atoms with Crippen molar-refractivity contribution in [2.75, 3.05) is 39.4 Å². The van der Waals surface area contributed by atoms with Crippen molar-refractivity contribution in [3.05, 3.63) is 23.7 Å². The molecule has 2 amide bonds. The Morgan fingerprint density at radius 2 is 2.21 bits per heavy atom. The van der Waals surface area contributed by atoms with Crippen molar-refractivity contribution < 1.29 is 18.7 Å². The second kappa shape index (κ2) is 7.81. The highest BCUT2D eigenvalue weighted by atomic mass is 16.5. The average Bonchev–Trinajstić information content (AvgIpc) is 3.02. The smallest absolute Gasteiger partial charge is 0.224 e. The summed E-state index contributed by atoms with van der Waals surface area (Å²) in [6, 6.07) is 3.92. The molecule has 0 radical (unpaired) electrons. The fourth-order valence-electron chi connectivity index (χ4n) is 3.23. The fourth-order valence-corrected chi connectivity index (χ4v) is 3.23. The summed E-state index contributed by atoms with van der Waals surface area (Å²) in [6.07, 6.45) is 1.03. The third-order valence-corrected chi connectivity index (χ3v) is 4.68. The Labute approximate surface area is 141 Å².